The molecule has 24 heavy (non-hydrogen) atoms. The molecule has 0 atom stereocenters. The number of hydrazone groups is 1. The van der Waals surface area contributed by atoms with Gasteiger partial charge in [-0.2, -0.15) is 18.2 Å². The van der Waals surface area contributed by atoms with Crippen LogP contribution in [0.1, 0.15) is 12.5 Å². The minimum absolute atomic E-state index is 0.297. The summed E-state index contributed by atoms with van der Waals surface area (Å²) in [5.41, 5.74) is 6.17. The molecule has 3 N–H and O–H groups in total. The predicted molar refractivity (Wildman–Crippen MR) is 92.4 cm³/mol. The van der Waals surface area contributed by atoms with Gasteiger partial charge in [0.2, 0.25) is 0 Å². The van der Waals surface area contributed by atoms with Crippen LogP contribution in [0.2, 0.25) is 0 Å². The summed E-state index contributed by atoms with van der Waals surface area (Å²) in [4.78, 5) is 4.20. The van der Waals surface area contributed by atoms with Crippen LogP contribution in [0.4, 0.5) is 18.9 Å². The molecular weight excluding hydrogens is 339 g/mol. The third-order valence-corrected chi connectivity index (χ3v) is 3.52. The van der Waals surface area contributed by atoms with Crippen LogP contribution in [-0.4, -0.2) is 22.1 Å². The fourth-order valence-electron chi connectivity index (χ4n) is 1.91. The number of thioether (sulfide) groups is 1. The SMILES string of the molecule is C=C1N=C(C)C=C(Nc2ccc(C(F)(F)F)cc2)N1/N=C(\N)SC. The summed E-state index contributed by atoms with van der Waals surface area (Å²) in [6.07, 6.45) is -0.903. The minimum Gasteiger partial charge on any atom is -0.377 e. The molecule has 5 nitrogen and oxygen atoms in total. The number of alkyl halides is 3. The van der Waals surface area contributed by atoms with Gasteiger partial charge < -0.3 is 11.1 Å². The second-order valence-corrected chi connectivity index (χ2v) is 5.68. The Bertz CT molecular complexity index is 720. The van der Waals surface area contributed by atoms with Crippen LogP contribution in [0.15, 0.2) is 58.7 Å². The number of amidine groups is 1. The average molecular weight is 355 g/mol. The van der Waals surface area contributed by atoms with Gasteiger partial charge in [-0.15, -0.1) is 5.10 Å². The van der Waals surface area contributed by atoms with Gasteiger partial charge in [-0.25, -0.2) is 4.99 Å². The monoisotopic (exact) mass is 355 g/mol. The summed E-state index contributed by atoms with van der Waals surface area (Å²) in [5, 5.41) is 8.88. The van der Waals surface area contributed by atoms with Gasteiger partial charge in [0, 0.05) is 17.5 Å². The molecule has 0 fully saturated rings. The number of rotatable bonds is 3. The molecule has 0 aliphatic carbocycles. The number of halogens is 3. The van der Waals surface area contributed by atoms with Crippen molar-refractivity contribution in [3.05, 3.63) is 54.1 Å². The number of nitrogens with two attached hydrogens (primary N) is 1. The van der Waals surface area contributed by atoms with E-state index in [2.05, 4.69) is 22.0 Å². The molecule has 0 saturated heterocycles. The van der Waals surface area contributed by atoms with Gasteiger partial charge in [-0.1, -0.05) is 18.3 Å². The van der Waals surface area contributed by atoms with Crippen molar-refractivity contribution in [2.75, 3.05) is 11.6 Å². The Balaban J connectivity index is 2.27. The van der Waals surface area contributed by atoms with Crippen molar-refractivity contribution in [2.24, 2.45) is 15.8 Å². The first-order chi connectivity index (χ1) is 11.2. The Hall–Kier alpha value is -2.42. The Morgan fingerprint density at radius 2 is 1.96 bits per heavy atom. The maximum absolute atomic E-state index is 12.6. The Morgan fingerprint density at radius 1 is 1.33 bits per heavy atom. The molecule has 1 aliphatic heterocycles. The van der Waals surface area contributed by atoms with Crippen LogP contribution in [0.25, 0.3) is 0 Å². The fraction of sp³-hybridized carbons (Fsp3) is 0.200. The topological polar surface area (TPSA) is 66.0 Å². The van der Waals surface area contributed by atoms with E-state index in [4.69, 9.17) is 5.73 Å². The van der Waals surface area contributed by atoms with E-state index in [-0.39, 0.29) is 0 Å². The van der Waals surface area contributed by atoms with Crippen LogP contribution in [0.3, 0.4) is 0 Å². The first kappa shape index (κ1) is 17.9. The zero-order valence-corrected chi connectivity index (χ0v) is 13.9. The zero-order chi connectivity index (χ0) is 17.9. The van der Waals surface area contributed by atoms with E-state index < -0.39 is 11.7 Å². The molecule has 0 radical (unpaired) electrons. The van der Waals surface area contributed by atoms with E-state index in [1.165, 1.54) is 28.9 Å². The molecule has 2 rings (SSSR count). The summed E-state index contributed by atoms with van der Waals surface area (Å²) in [7, 11) is 0. The molecule has 0 saturated carbocycles. The molecule has 1 heterocycles. The normalized spacial score (nSPS) is 16.0. The highest BCUT2D eigenvalue weighted by Crippen LogP contribution is 2.30. The Kier molecular flexibility index (Phi) is 5.23. The number of hydrogen-bond donors (Lipinski definition) is 2. The molecule has 0 spiro atoms. The number of nitrogens with one attached hydrogen (secondary N) is 1. The van der Waals surface area contributed by atoms with Crippen LogP contribution >= 0.6 is 11.8 Å². The molecule has 1 aromatic rings. The lowest BCUT2D eigenvalue weighted by atomic mass is 10.2. The third kappa shape index (κ3) is 4.31. The van der Waals surface area contributed by atoms with E-state index in [9.17, 15) is 13.2 Å². The van der Waals surface area contributed by atoms with Crippen LogP contribution in [0, 0.1) is 0 Å². The standard InChI is InChI=1S/C15H16F3N5S/c1-9-8-13(23(10(2)20-9)22-14(19)24-3)21-12-6-4-11(5-7-12)15(16,17)18/h4-8,21H,2H2,1,3H3,(H2,19,22). The van der Waals surface area contributed by atoms with Gasteiger partial charge >= 0.3 is 6.18 Å². The highest BCUT2D eigenvalue weighted by molar-refractivity contribution is 8.13. The second kappa shape index (κ2) is 7.00. The van der Waals surface area contributed by atoms with Gasteiger partial charge in [0.15, 0.2) is 5.17 Å². The third-order valence-electron chi connectivity index (χ3n) is 3.02. The number of benzene rings is 1. The number of aliphatic imine (C=N–C) groups is 1. The predicted octanol–water partition coefficient (Wildman–Crippen LogP) is 3.80. The van der Waals surface area contributed by atoms with Gasteiger partial charge in [-0.3, -0.25) is 0 Å². The quantitative estimate of drug-likeness (QED) is 0.639. The van der Waals surface area contributed by atoms with Crippen LogP contribution in [0.5, 0.6) is 0 Å². The van der Waals surface area contributed by atoms with E-state index in [1.54, 1.807) is 19.3 Å². The Labute approximate surface area is 141 Å². The lowest BCUT2D eigenvalue weighted by Crippen LogP contribution is -2.27. The Morgan fingerprint density at radius 3 is 2.50 bits per heavy atom. The second-order valence-electron chi connectivity index (χ2n) is 4.85. The van der Waals surface area contributed by atoms with E-state index in [0.717, 1.165) is 12.1 Å². The smallest absolute Gasteiger partial charge is 0.377 e. The number of nitrogens with zero attached hydrogens (tertiary/aromatic N) is 3. The van der Waals surface area contributed by atoms with Gasteiger partial charge in [-0.05, 0) is 37.4 Å². The van der Waals surface area contributed by atoms with Crippen LogP contribution < -0.4 is 11.1 Å². The number of hydrogen-bond acceptors (Lipinski definition) is 5. The number of allylic oxidation sites excluding steroid dienone is 1. The molecular formula is C15H16F3N5S. The molecule has 9 heteroatoms. The molecule has 128 valence electrons. The molecule has 0 bridgehead atoms. The van der Waals surface area contributed by atoms with Gasteiger partial charge in [0.25, 0.3) is 0 Å². The molecule has 1 aliphatic rings. The summed E-state index contributed by atoms with van der Waals surface area (Å²) in [6, 6.07) is 4.69. The first-order valence-corrected chi connectivity index (χ1v) is 8.01. The summed E-state index contributed by atoms with van der Waals surface area (Å²) in [6.45, 7) is 5.58. The maximum atomic E-state index is 12.6. The molecule has 0 amide bonds. The maximum Gasteiger partial charge on any atom is 0.416 e. The largest absolute Gasteiger partial charge is 0.416 e. The van der Waals surface area contributed by atoms with E-state index in [0.29, 0.717) is 28.2 Å². The lowest BCUT2D eigenvalue weighted by Gasteiger charge is -2.26. The van der Waals surface area contributed by atoms with Gasteiger partial charge in [0.05, 0.1) is 5.56 Å². The van der Waals surface area contributed by atoms with Crippen LogP contribution in [-0.2, 0) is 6.18 Å². The summed E-state index contributed by atoms with van der Waals surface area (Å²) < 4.78 is 37.9. The van der Waals surface area contributed by atoms with Crippen molar-refractivity contribution in [3.63, 3.8) is 0 Å². The highest BCUT2D eigenvalue weighted by atomic mass is 32.2. The molecule has 1 aromatic carbocycles. The molecule has 0 unspecified atom stereocenters. The number of anilines is 1. The van der Waals surface area contributed by atoms with Gasteiger partial charge in [0.1, 0.15) is 11.6 Å². The highest BCUT2D eigenvalue weighted by Gasteiger charge is 2.30. The van der Waals surface area contributed by atoms with E-state index >= 15 is 0 Å². The minimum atomic E-state index is -4.37. The fourth-order valence-corrected chi connectivity index (χ4v) is 2.07. The molecule has 0 aromatic heterocycles. The first-order valence-electron chi connectivity index (χ1n) is 6.79. The lowest BCUT2D eigenvalue weighted by molar-refractivity contribution is -0.137. The summed E-state index contributed by atoms with van der Waals surface area (Å²) in [5.74, 6) is 0.839. The van der Waals surface area contributed by atoms with Crippen molar-refractivity contribution in [1.29, 1.82) is 0 Å². The van der Waals surface area contributed by atoms with Crippen molar-refractivity contribution in [3.8, 4) is 0 Å². The van der Waals surface area contributed by atoms with E-state index in [1.807, 2.05) is 0 Å². The van der Waals surface area contributed by atoms with Crippen molar-refractivity contribution >= 4 is 28.3 Å². The van der Waals surface area contributed by atoms with Crippen molar-refractivity contribution in [1.82, 2.24) is 5.01 Å². The average Bonchev–Trinajstić information content (AvgIpc) is 2.50. The zero-order valence-electron chi connectivity index (χ0n) is 13.1. The summed E-state index contributed by atoms with van der Waals surface area (Å²) >= 11 is 1.25. The van der Waals surface area contributed by atoms with Crippen molar-refractivity contribution in [2.45, 2.75) is 13.1 Å². The van der Waals surface area contributed by atoms with Crippen molar-refractivity contribution < 1.29 is 13.2 Å².